The van der Waals surface area contributed by atoms with Crippen molar-refractivity contribution in [1.29, 1.82) is 0 Å². The molecule has 2 nitrogen and oxygen atoms in total. The molecule has 1 N–H and O–H groups in total. The molecule has 0 aliphatic rings. The molecule has 0 aliphatic heterocycles. The van der Waals surface area contributed by atoms with Crippen molar-refractivity contribution < 1.29 is 4.39 Å². The molecule has 0 saturated heterocycles. The number of nitrogens with one attached hydrogen (secondary N) is 1. The lowest BCUT2D eigenvalue weighted by Gasteiger charge is -2.13. The minimum absolute atomic E-state index is 0.308. The maximum absolute atomic E-state index is 13.1. The molecule has 0 radical (unpaired) electrons. The van der Waals surface area contributed by atoms with Crippen LogP contribution >= 0.6 is 0 Å². The number of hydrogen-bond acceptors (Lipinski definition) is 2. The first kappa shape index (κ1) is 12.7. The summed E-state index contributed by atoms with van der Waals surface area (Å²) >= 11 is 0. The van der Waals surface area contributed by atoms with Crippen molar-refractivity contribution in [3.05, 3.63) is 54.1 Å². The van der Waals surface area contributed by atoms with E-state index in [2.05, 4.69) is 36.3 Å². The van der Waals surface area contributed by atoms with Crippen molar-refractivity contribution in [1.82, 2.24) is 10.3 Å². The molecule has 1 heterocycles. The van der Waals surface area contributed by atoms with Crippen LogP contribution in [0.3, 0.4) is 0 Å². The van der Waals surface area contributed by atoms with E-state index in [4.69, 9.17) is 0 Å². The molecule has 2 rings (SSSR count). The molecule has 1 unspecified atom stereocenters. The van der Waals surface area contributed by atoms with Crippen LogP contribution in [0.1, 0.15) is 25.5 Å². The Morgan fingerprint density at radius 2 is 1.89 bits per heavy atom. The summed E-state index contributed by atoms with van der Waals surface area (Å²) in [6, 6.07) is 9.95. The Labute approximate surface area is 107 Å². The summed E-state index contributed by atoms with van der Waals surface area (Å²) in [5.41, 5.74) is 3.01. The Kier molecular flexibility index (Phi) is 4.05. The van der Waals surface area contributed by atoms with Gasteiger partial charge in [-0.1, -0.05) is 31.2 Å². The lowest BCUT2D eigenvalue weighted by molar-refractivity contribution is 0.598. The Morgan fingerprint density at radius 3 is 2.50 bits per heavy atom. The monoisotopic (exact) mass is 244 g/mol. The summed E-state index contributed by atoms with van der Waals surface area (Å²) < 4.78 is 13.1. The van der Waals surface area contributed by atoms with E-state index in [1.165, 1.54) is 17.8 Å². The van der Waals surface area contributed by atoms with Crippen LogP contribution in [-0.2, 0) is 0 Å². The highest BCUT2D eigenvalue weighted by molar-refractivity contribution is 5.62. The second kappa shape index (κ2) is 5.74. The average molecular weight is 244 g/mol. The molecular formula is C15H17FN2. The fourth-order valence-corrected chi connectivity index (χ4v) is 1.96. The van der Waals surface area contributed by atoms with Gasteiger partial charge in [-0.2, -0.15) is 0 Å². The molecule has 0 aliphatic carbocycles. The van der Waals surface area contributed by atoms with E-state index in [0.717, 1.165) is 17.7 Å². The topological polar surface area (TPSA) is 24.9 Å². The van der Waals surface area contributed by atoms with Gasteiger partial charge in [0.25, 0.3) is 0 Å². The first-order valence-corrected chi connectivity index (χ1v) is 6.15. The molecule has 1 atom stereocenters. The fraction of sp³-hybridized carbons (Fsp3) is 0.267. The van der Waals surface area contributed by atoms with Crippen LogP contribution in [0, 0.1) is 5.82 Å². The Hall–Kier alpha value is -1.74. The number of nitrogens with zero attached hydrogens (tertiary/aromatic N) is 1. The smallest absolute Gasteiger partial charge is 0.142 e. The summed E-state index contributed by atoms with van der Waals surface area (Å²) in [5.74, 6) is -0.308. The number of halogens is 1. The van der Waals surface area contributed by atoms with Gasteiger partial charge >= 0.3 is 0 Å². The Balaban J connectivity index is 2.22. The first-order valence-electron chi connectivity index (χ1n) is 6.15. The number of hydrogen-bond donors (Lipinski definition) is 1. The maximum Gasteiger partial charge on any atom is 0.142 e. The Bertz CT molecular complexity index is 508. The number of rotatable bonds is 4. The zero-order chi connectivity index (χ0) is 13.0. The molecule has 2 aromatic rings. The summed E-state index contributed by atoms with van der Waals surface area (Å²) in [5, 5.41) is 3.36. The largest absolute Gasteiger partial charge is 0.310 e. The lowest BCUT2D eigenvalue weighted by Crippen LogP contribution is -2.17. The third-order valence-electron chi connectivity index (χ3n) is 2.96. The van der Waals surface area contributed by atoms with Crippen molar-refractivity contribution >= 4 is 0 Å². The highest BCUT2D eigenvalue weighted by Gasteiger charge is 2.04. The minimum Gasteiger partial charge on any atom is -0.310 e. The molecule has 0 bridgehead atoms. The molecule has 0 spiro atoms. The van der Waals surface area contributed by atoms with Crippen LogP contribution in [0.5, 0.6) is 0 Å². The molecule has 0 amide bonds. The highest BCUT2D eigenvalue weighted by atomic mass is 19.1. The van der Waals surface area contributed by atoms with Gasteiger partial charge in [0.2, 0.25) is 0 Å². The predicted molar refractivity (Wildman–Crippen MR) is 71.7 cm³/mol. The predicted octanol–water partition coefficient (Wildman–Crippen LogP) is 3.56. The second-order valence-electron chi connectivity index (χ2n) is 4.29. The van der Waals surface area contributed by atoms with Gasteiger partial charge in [0.05, 0.1) is 6.20 Å². The van der Waals surface area contributed by atoms with Gasteiger partial charge in [-0.15, -0.1) is 0 Å². The van der Waals surface area contributed by atoms with E-state index < -0.39 is 0 Å². The van der Waals surface area contributed by atoms with E-state index in [-0.39, 0.29) is 5.82 Å². The van der Waals surface area contributed by atoms with Gasteiger partial charge in [0.15, 0.2) is 0 Å². The van der Waals surface area contributed by atoms with E-state index in [9.17, 15) is 4.39 Å². The number of benzene rings is 1. The van der Waals surface area contributed by atoms with E-state index in [1.807, 2.05) is 12.1 Å². The fourth-order valence-electron chi connectivity index (χ4n) is 1.96. The SMILES string of the molecule is CCNC(C)c1ccc(-c2cncc(F)c2)cc1. The zero-order valence-electron chi connectivity index (χ0n) is 10.7. The van der Waals surface area contributed by atoms with Gasteiger partial charge in [-0.25, -0.2) is 4.39 Å². The molecule has 1 aromatic heterocycles. The molecule has 1 aromatic carbocycles. The zero-order valence-corrected chi connectivity index (χ0v) is 10.7. The Morgan fingerprint density at radius 1 is 1.17 bits per heavy atom. The molecule has 94 valence electrons. The van der Waals surface area contributed by atoms with E-state index in [0.29, 0.717) is 6.04 Å². The van der Waals surface area contributed by atoms with Crippen LogP contribution < -0.4 is 5.32 Å². The quantitative estimate of drug-likeness (QED) is 0.889. The summed E-state index contributed by atoms with van der Waals surface area (Å²) in [4.78, 5) is 3.86. The molecular weight excluding hydrogens is 227 g/mol. The number of pyridine rings is 1. The van der Waals surface area contributed by atoms with Crippen LogP contribution in [0.25, 0.3) is 11.1 Å². The number of aromatic nitrogens is 1. The van der Waals surface area contributed by atoms with E-state index >= 15 is 0 Å². The third kappa shape index (κ3) is 2.93. The average Bonchev–Trinajstić information content (AvgIpc) is 2.39. The van der Waals surface area contributed by atoms with Gasteiger partial charge in [-0.3, -0.25) is 4.98 Å². The van der Waals surface area contributed by atoms with Crippen molar-refractivity contribution in [3.63, 3.8) is 0 Å². The minimum atomic E-state index is -0.308. The molecule has 3 heteroatoms. The molecule has 0 saturated carbocycles. The molecule has 18 heavy (non-hydrogen) atoms. The molecule has 0 fully saturated rings. The van der Waals surface area contributed by atoms with Crippen molar-refractivity contribution in [2.75, 3.05) is 6.54 Å². The van der Waals surface area contributed by atoms with Gasteiger partial charge in [0.1, 0.15) is 5.82 Å². The van der Waals surface area contributed by atoms with Crippen molar-refractivity contribution in [2.45, 2.75) is 19.9 Å². The van der Waals surface area contributed by atoms with Gasteiger partial charge in [-0.05, 0) is 30.7 Å². The first-order chi connectivity index (χ1) is 8.70. The van der Waals surface area contributed by atoms with E-state index in [1.54, 1.807) is 6.20 Å². The van der Waals surface area contributed by atoms with Crippen molar-refractivity contribution in [2.24, 2.45) is 0 Å². The second-order valence-corrected chi connectivity index (χ2v) is 4.29. The maximum atomic E-state index is 13.1. The third-order valence-corrected chi connectivity index (χ3v) is 2.96. The highest BCUT2D eigenvalue weighted by Crippen LogP contribution is 2.21. The van der Waals surface area contributed by atoms with Crippen molar-refractivity contribution in [3.8, 4) is 11.1 Å². The van der Waals surface area contributed by atoms with Gasteiger partial charge < -0.3 is 5.32 Å². The summed E-state index contributed by atoms with van der Waals surface area (Å²) in [6.07, 6.45) is 2.89. The lowest BCUT2D eigenvalue weighted by atomic mass is 10.0. The summed E-state index contributed by atoms with van der Waals surface area (Å²) in [7, 11) is 0. The van der Waals surface area contributed by atoms with Crippen LogP contribution in [0.15, 0.2) is 42.7 Å². The standard InChI is InChI=1S/C15H17FN2/c1-3-18-11(2)12-4-6-13(7-5-12)14-8-15(16)10-17-9-14/h4-11,18H,3H2,1-2H3. The van der Waals surface area contributed by atoms with Crippen LogP contribution in [-0.4, -0.2) is 11.5 Å². The summed E-state index contributed by atoms with van der Waals surface area (Å²) in [6.45, 7) is 5.16. The normalized spacial score (nSPS) is 12.4. The van der Waals surface area contributed by atoms with Gasteiger partial charge in [0, 0.05) is 17.8 Å². The van der Waals surface area contributed by atoms with Crippen LogP contribution in [0.2, 0.25) is 0 Å². The van der Waals surface area contributed by atoms with Crippen LogP contribution in [0.4, 0.5) is 4.39 Å².